The third kappa shape index (κ3) is 3.87. The Morgan fingerprint density at radius 3 is 2.88 bits per heavy atom. The van der Waals surface area contributed by atoms with Crippen LogP contribution in [0.25, 0.3) is 22.1 Å². The molecule has 0 fully saturated rings. The minimum Gasteiger partial charge on any atom is -0.350 e. The van der Waals surface area contributed by atoms with E-state index in [-0.39, 0.29) is 11.5 Å². The van der Waals surface area contributed by atoms with E-state index in [2.05, 4.69) is 24.1 Å². The largest absolute Gasteiger partial charge is 0.350 e. The van der Waals surface area contributed by atoms with Gasteiger partial charge >= 0.3 is 0 Å². The van der Waals surface area contributed by atoms with Gasteiger partial charge < -0.3 is 5.32 Å². The molecule has 3 heterocycles. The Morgan fingerprint density at radius 1 is 1.12 bits per heavy atom. The summed E-state index contributed by atoms with van der Waals surface area (Å²) in [5, 5.41) is 7.61. The van der Waals surface area contributed by atoms with Crippen molar-refractivity contribution in [2.24, 2.45) is 0 Å². The molecule has 0 radical (unpaired) electrons. The zero-order chi connectivity index (χ0) is 22.1. The predicted molar refractivity (Wildman–Crippen MR) is 122 cm³/mol. The maximum Gasteiger partial charge on any atom is 0.264 e. The number of aromatic nitrogens is 6. The van der Waals surface area contributed by atoms with Crippen molar-refractivity contribution in [1.82, 2.24) is 33.4 Å². The summed E-state index contributed by atoms with van der Waals surface area (Å²) in [6, 6.07) is 13.2. The van der Waals surface area contributed by atoms with Crippen molar-refractivity contribution in [3.8, 4) is 0 Å². The smallest absolute Gasteiger partial charge is 0.264 e. The summed E-state index contributed by atoms with van der Waals surface area (Å²) >= 11 is 1.12. The minimum atomic E-state index is -0.204. The lowest BCUT2D eigenvalue weighted by atomic mass is 10.1. The zero-order valence-electron chi connectivity index (χ0n) is 17.2. The van der Waals surface area contributed by atoms with Crippen molar-refractivity contribution in [2.75, 3.05) is 6.54 Å². The predicted octanol–water partition coefficient (Wildman–Crippen LogP) is 2.38. The Kier molecular flexibility index (Phi) is 5.20. The highest BCUT2D eigenvalue weighted by Crippen LogP contribution is 2.13. The molecule has 5 rings (SSSR count). The van der Waals surface area contributed by atoms with Gasteiger partial charge in [-0.15, -0.1) is 0 Å². The number of hydrogen-bond acceptors (Lipinski definition) is 7. The van der Waals surface area contributed by atoms with Gasteiger partial charge in [0.25, 0.3) is 11.5 Å². The Labute approximate surface area is 186 Å². The van der Waals surface area contributed by atoms with Crippen LogP contribution in [0.1, 0.15) is 21.5 Å². The molecule has 9 nitrogen and oxygen atoms in total. The molecule has 1 N–H and O–H groups in total. The van der Waals surface area contributed by atoms with Gasteiger partial charge in [-0.05, 0) is 30.7 Å². The first kappa shape index (κ1) is 20.0. The highest BCUT2D eigenvalue weighted by atomic mass is 32.1. The van der Waals surface area contributed by atoms with Crippen LogP contribution in [0.2, 0.25) is 0 Å². The first-order valence-electron chi connectivity index (χ1n) is 10.1. The summed E-state index contributed by atoms with van der Waals surface area (Å²) in [7, 11) is 0. The van der Waals surface area contributed by atoms with Gasteiger partial charge in [0.1, 0.15) is 22.7 Å². The van der Waals surface area contributed by atoms with E-state index in [1.807, 2.05) is 31.2 Å². The van der Waals surface area contributed by atoms with Crippen LogP contribution in [0.4, 0.5) is 0 Å². The van der Waals surface area contributed by atoms with Crippen LogP contribution in [-0.4, -0.2) is 40.5 Å². The van der Waals surface area contributed by atoms with Crippen molar-refractivity contribution in [1.29, 1.82) is 0 Å². The van der Waals surface area contributed by atoms with Crippen LogP contribution in [0.5, 0.6) is 0 Å². The van der Waals surface area contributed by atoms with E-state index in [9.17, 15) is 9.59 Å². The number of nitrogens with zero attached hydrogens (tertiary/aromatic N) is 6. The number of aryl methyl sites for hydroxylation is 1. The van der Waals surface area contributed by atoms with Crippen LogP contribution < -0.4 is 10.9 Å². The molecule has 3 aromatic heterocycles. The third-order valence-corrected chi connectivity index (χ3v) is 5.74. The van der Waals surface area contributed by atoms with E-state index in [0.29, 0.717) is 41.7 Å². The van der Waals surface area contributed by atoms with Crippen LogP contribution in [0.15, 0.2) is 59.8 Å². The van der Waals surface area contributed by atoms with Crippen molar-refractivity contribution in [2.45, 2.75) is 20.0 Å². The molecule has 0 atom stereocenters. The molecule has 0 aliphatic carbocycles. The topological polar surface area (TPSA) is 108 Å². The quantitative estimate of drug-likeness (QED) is 0.430. The monoisotopic (exact) mass is 445 g/mol. The molecule has 1 amide bonds. The van der Waals surface area contributed by atoms with Crippen LogP contribution in [-0.2, 0) is 13.1 Å². The molecule has 0 spiro atoms. The van der Waals surface area contributed by atoms with Crippen molar-refractivity contribution in [3.63, 3.8) is 0 Å². The maximum atomic E-state index is 12.9. The van der Waals surface area contributed by atoms with Crippen molar-refractivity contribution < 1.29 is 4.79 Å². The SMILES string of the molecule is Cc1cccc(Cn2cnc3c(cnn3CCNC(=O)c3ccc4nsnc4c3)c2=O)c1. The number of rotatable bonds is 6. The molecule has 0 bridgehead atoms. The van der Waals surface area contributed by atoms with Gasteiger partial charge in [0.15, 0.2) is 5.65 Å². The molecule has 0 saturated carbocycles. The number of amides is 1. The molecule has 0 aliphatic heterocycles. The molecule has 0 aliphatic rings. The van der Waals surface area contributed by atoms with Gasteiger partial charge in [-0.3, -0.25) is 14.2 Å². The molecular weight excluding hydrogens is 426 g/mol. The van der Waals surface area contributed by atoms with Gasteiger partial charge in [-0.2, -0.15) is 13.8 Å². The molecule has 2 aromatic carbocycles. The van der Waals surface area contributed by atoms with Crippen molar-refractivity contribution in [3.05, 3.63) is 82.0 Å². The van der Waals surface area contributed by atoms with Crippen LogP contribution in [0.3, 0.4) is 0 Å². The fraction of sp³-hybridized carbons (Fsp3) is 0.182. The summed E-state index contributed by atoms with van der Waals surface area (Å²) in [4.78, 5) is 29.8. The second-order valence-electron chi connectivity index (χ2n) is 7.50. The standard InChI is InChI=1S/C22H19N7O2S/c1-14-3-2-4-15(9-14)12-28-13-24-20-17(22(28)31)11-25-29(20)8-7-23-21(30)16-5-6-18-19(10-16)27-32-26-18/h2-6,9-11,13H,7-8,12H2,1H3,(H,23,30). The lowest BCUT2D eigenvalue weighted by molar-refractivity contribution is 0.0952. The number of carbonyl (C=O) groups excluding carboxylic acids is 1. The lowest BCUT2D eigenvalue weighted by Crippen LogP contribution is -2.27. The number of hydrogen-bond donors (Lipinski definition) is 1. The maximum absolute atomic E-state index is 12.9. The van der Waals surface area contributed by atoms with Gasteiger partial charge in [-0.1, -0.05) is 29.8 Å². The van der Waals surface area contributed by atoms with Gasteiger partial charge in [0, 0.05) is 12.1 Å². The summed E-state index contributed by atoms with van der Waals surface area (Å²) < 4.78 is 11.5. The Hall–Kier alpha value is -3.92. The minimum absolute atomic E-state index is 0.142. The van der Waals surface area contributed by atoms with Crippen LogP contribution >= 0.6 is 11.7 Å². The third-order valence-electron chi connectivity index (χ3n) is 5.18. The Morgan fingerprint density at radius 2 is 2.00 bits per heavy atom. The van der Waals surface area contributed by atoms with E-state index in [0.717, 1.165) is 28.4 Å². The van der Waals surface area contributed by atoms with E-state index in [4.69, 9.17) is 0 Å². The van der Waals surface area contributed by atoms with E-state index in [1.54, 1.807) is 33.8 Å². The summed E-state index contributed by atoms with van der Waals surface area (Å²) in [6.07, 6.45) is 3.07. The number of benzene rings is 2. The fourth-order valence-corrected chi connectivity index (χ4v) is 4.10. The number of carbonyl (C=O) groups is 1. The Bertz CT molecular complexity index is 1500. The van der Waals surface area contributed by atoms with Crippen LogP contribution in [0, 0.1) is 6.92 Å². The molecule has 160 valence electrons. The first-order chi connectivity index (χ1) is 15.6. The van der Waals surface area contributed by atoms with Crippen molar-refractivity contribution >= 4 is 39.7 Å². The number of nitrogens with one attached hydrogen (secondary N) is 1. The normalized spacial score (nSPS) is 11.3. The van der Waals surface area contributed by atoms with E-state index < -0.39 is 0 Å². The highest BCUT2D eigenvalue weighted by Gasteiger charge is 2.12. The zero-order valence-corrected chi connectivity index (χ0v) is 18.0. The average molecular weight is 446 g/mol. The summed E-state index contributed by atoms with van der Waals surface area (Å²) in [5.74, 6) is -0.204. The second-order valence-corrected chi connectivity index (χ2v) is 8.02. The summed E-state index contributed by atoms with van der Waals surface area (Å²) in [6.45, 7) is 3.20. The Balaban J connectivity index is 1.28. The molecule has 10 heteroatoms. The molecule has 0 saturated heterocycles. The molecule has 32 heavy (non-hydrogen) atoms. The lowest BCUT2D eigenvalue weighted by Gasteiger charge is -2.08. The second kappa shape index (κ2) is 8.31. The van der Waals surface area contributed by atoms with Gasteiger partial charge in [-0.25, -0.2) is 9.67 Å². The first-order valence-corrected chi connectivity index (χ1v) is 10.8. The van der Waals surface area contributed by atoms with Gasteiger partial charge in [0.05, 0.1) is 31.0 Å². The summed E-state index contributed by atoms with van der Waals surface area (Å²) in [5.41, 5.74) is 4.53. The van der Waals surface area contributed by atoms with Gasteiger partial charge in [0.2, 0.25) is 0 Å². The highest BCUT2D eigenvalue weighted by molar-refractivity contribution is 7.00. The van der Waals surface area contributed by atoms with E-state index >= 15 is 0 Å². The average Bonchev–Trinajstić information content (AvgIpc) is 3.42. The van der Waals surface area contributed by atoms with E-state index in [1.165, 1.54) is 6.20 Å². The number of fused-ring (bicyclic) bond motifs is 2. The molecule has 5 aromatic rings. The fourth-order valence-electron chi connectivity index (χ4n) is 3.58. The molecular formula is C22H19N7O2S. The molecule has 0 unspecified atom stereocenters.